The molecule has 29 heavy (non-hydrogen) atoms. The summed E-state index contributed by atoms with van der Waals surface area (Å²) in [4.78, 5) is -0.163. The van der Waals surface area contributed by atoms with Crippen molar-refractivity contribution in [1.82, 2.24) is 18.9 Å². The van der Waals surface area contributed by atoms with Crippen LogP contribution in [0.3, 0.4) is 0 Å². The van der Waals surface area contributed by atoms with Gasteiger partial charge in [-0.1, -0.05) is 6.07 Å². The van der Waals surface area contributed by atoms with Gasteiger partial charge < -0.3 is 0 Å². The van der Waals surface area contributed by atoms with E-state index in [1.54, 1.807) is 0 Å². The van der Waals surface area contributed by atoms with E-state index in [0.29, 0.717) is 12.8 Å². The topological polar surface area (TPSA) is 67.6 Å². The van der Waals surface area contributed by atoms with E-state index >= 15 is 0 Å². The molecule has 0 spiro atoms. The summed E-state index contributed by atoms with van der Waals surface area (Å²) < 4.78 is 80.9. The van der Waals surface area contributed by atoms with Crippen molar-refractivity contribution < 1.29 is 26.0 Å². The first-order valence-corrected chi connectivity index (χ1v) is 10.3. The lowest BCUT2D eigenvalue weighted by Gasteiger charge is -2.31. The molecule has 0 saturated carbocycles. The molecule has 1 fully saturated rings. The maximum atomic E-state index is 13.5. The van der Waals surface area contributed by atoms with Crippen molar-refractivity contribution in [3.63, 3.8) is 0 Å². The fourth-order valence-electron chi connectivity index (χ4n) is 3.50. The lowest BCUT2D eigenvalue weighted by atomic mass is 9.99. The maximum Gasteiger partial charge on any atom is 0.417 e. The Bertz CT molecular complexity index is 1160. The minimum atomic E-state index is -4.52. The van der Waals surface area contributed by atoms with Crippen molar-refractivity contribution in [2.45, 2.75) is 29.8 Å². The molecule has 1 saturated heterocycles. The summed E-state index contributed by atoms with van der Waals surface area (Å²) in [5.74, 6) is -0.835. The van der Waals surface area contributed by atoms with Crippen LogP contribution in [-0.4, -0.2) is 40.4 Å². The molecule has 0 bridgehead atoms. The van der Waals surface area contributed by atoms with E-state index in [-0.39, 0.29) is 29.5 Å². The molecule has 1 aromatic carbocycles. The number of aromatic nitrogens is 3. The van der Waals surface area contributed by atoms with E-state index in [0.717, 1.165) is 24.4 Å². The second-order valence-electron chi connectivity index (χ2n) is 6.86. The average molecular weight is 428 g/mol. The molecule has 0 radical (unpaired) electrons. The molecule has 0 amide bonds. The summed E-state index contributed by atoms with van der Waals surface area (Å²) in [6, 6.07) is 6.87. The van der Waals surface area contributed by atoms with Gasteiger partial charge in [-0.15, -0.1) is 10.2 Å². The molecule has 1 aliphatic rings. The molecule has 2 aromatic heterocycles. The minimum absolute atomic E-state index is 0.0237. The number of fused-ring (bicyclic) bond motifs is 1. The van der Waals surface area contributed by atoms with E-state index in [1.165, 1.54) is 26.9 Å². The average Bonchev–Trinajstić information content (AvgIpc) is 3.11. The standard InChI is InChI=1S/C18H16F4N4O2S/c19-14-4-1-5-15(9-14)29(27,28)25-8-2-3-12(10-25)17-24-23-16-7-6-13(11-26(16)17)18(20,21)22/h1,4-7,9,11-12H,2-3,8,10H2. The van der Waals surface area contributed by atoms with E-state index < -0.39 is 33.5 Å². The van der Waals surface area contributed by atoms with Gasteiger partial charge in [0, 0.05) is 25.2 Å². The molecule has 1 atom stereocenters. The smallest absolute Gasteiger partial charge is 0.286 e. The number of benzene rings is 1. The lowest BCUT2D eigenvalue weighted by molar-refractivity contribution is -0.137. The highest BCUT2D eigenvalue weighted by molar-refractivity contribution is 7.89. The zero-order valence-electron chi connectivity index (χ0n) is 15.0. The summed E-state index contributed by atoms with van der Waals surface area (Å²) in [6.07, 6.45) is -2.56. The Balaban J connectivity index is 1.67. The Morgan fingerprint density at radius 1 is 1.10 bits per heavy atom. The third-order valence-corrected chi connectivity index (χ3v) is 6.80. The first kappa shape index (κ1) is 19.8. The van der Waals surface area contributed by atoms with Crippen molar-refractivity contribution in [2.75, 3.05) is 13.1 Å². The normalized spacial score (nSPS) is 19.0. The summed E-state index contributed by atoms with van der Waals surface area (Å²) >= 11 is 0. The van der Waals surface area contributed by atoms with Crippen LogP contribution in [0.5, 0.6) is 0 Å². The fraction of sp³-hybridized carbons (Fsp3) is 0.333. The molecule has 4 rings (SSSR count). The van der Waals surface area contributed by atoms with Crippen LogP contribution in [0.4, 0.5) is 17.6 Å². The first-order chi connectivity index (χ1) is 13.7. The van der Waals surface area contributed by atoms with Gasteiger partial charge in [-0.3, -0.25) is 4.40 Å². The largest absolute Gasteiger partial charge is 0.417 e. The first-order valence-electron chi connectivity index (χ1n) is 8.84. The summed E-state index contributed by atoms with van der Waals surface area (Å²) in [5.41, 5.74) is -0.593. The fourth-order valence-corrected chi connectivity index (χ4v) is 5.06. The summed E-state index contributed by atoms with van der Waals surface area (Å²) in [7, 11) is -3.94. The Labute approximate surface area is 163 Å². The van der Waals surface area contributed by atoms with Gasteiger partial charge in [0.25, 0.3) is 0 Å². The SMILES string of the molecule is O=S(=O)(c1cccc(F)c1)N1CCCC(c2nnc3ccc(C(F)(F)F)cn23)C1. The second kappa shape index (κ2) is 7.06. The van der Waals surface area contributed by atoms with Gasteiger partial charge in [0.1, 0.15) is 11.6 Å². The van der Waals surface area contributed by atoms with E-state index in [4.69, 9.17) is 0 Å². The summed E-state index contributed by atoms with van der Waals surface area (Å²) in [6.45, 7) is 0.260. The number of rotatable bonds is 3. The molecular formula is C18H16F4N4O2S. The molecule has 1 aliphatic heterocycles. The zero-order chi connectivity index (χ0) is 20.8. The van der Waals surface area contributed by atoms with Gasteiger partial charge >= 0.3 is 6.18 Å². The van der Waals surface area contributed by atoms with Crippen LogP contribution in [0, 0.1) is 5.82 Å². The van der Waals surface area contributed by atoms with Crippen molar-refractivity contribution in [3.8, 4) is 0 Å². The van der Waals surface area contributed by atoms with E-state index in [2.05, 4.69) is 10.2 Å². The van der Waals surface area contributed by atoms with E-state index in [9.17, 15) is 26.0 Å². The monoisotopic (exact) mass is 428 g/mol. The predicted octanol–water partition coefficient (Wildman–Crippen LogP) is 3.46. The molecule has 1 unspecified atom stereocenters. The Morgan fingerprint density at radius 2 is 1.90 bits per heavy atom. The number of halogens is 4. The molecule has 3 aromatic rings. The van der Waals surface area contributed by atoms with Crippen molar-refractivity contribution in [1.29, 1.82) is 0 Å². The summed E-state index contributed by atoms with van der Waals surface area (Å²) in [5, 5.41) is 7.91. The maximum absolute atomic E-state index is 13.5. The molecular weight excluding hydrogens is 412 g/mol. The number of hydrogen-bond acceptors (Lipinski definition) is 4. The number of nitrogens with zero attached hydrogens (tertiary/aromatic N) is 4. The molecule has 11 heteroatoms. The highest BCUT2D eigenvalue weighted by atomic mass is 32.2. The Morgan fingerprint density at radius 3 is 2.62 bits per heavy atom. The third-order valence-electron chi connectivity index (χ3n) is 4.94. The van der Waals surface area contributed by atoms with Gasteiger partial charge in [0.15, 0.2) is 5.65 Å². The molecule has 0 aliphatic carbocycles. The molecule has 6 nitrogen and oxygen atoms in total. The Kier molecular flexibility index (Phi) is 4.82. The van der Waals surface area contributed by atoms with Crippen LogP contribution in [0.2, 0.25) is 0 Å². The highest BCUT2D eigenvalue weighted by Crippen LogP contribution is 2.32. The molecule has 154 valence electrons. The van der Waals surface area contributed by atoms with Crippen LogP contribution in [0.1, 0.15) is 30.1 Å². The zero-order valence-corrected chi connectivity index (χ0v) is 15.8. The minimum Gasteiger partial charge on any atom is -0.286 e. The number of pyridine rings is 1. The number of alkyl halides is 3. The van der Waals surface area contributed by atoms with Crippen molar-refractivity contribution >= 4 is 15.7 Å². The van der Waals surface area contributed by atoms with Crippen LogP contribution < -0.4 is 0 Å². The number of hydrogen-bond donors (Lipinski definition) is 0. The van der Waals surface area contributed by atoms with Crippen LogP contribution in [0.25, 0.3) is 5.65 Å². The van der Waals surface area contributed by atoms with Crippen molar-refractivity contribution in [2.24, 2.45) is 0 Å². The predicted molar refractivity (Wildman–Crippen MR) is 95.1 cm³/mol. The van der Waals surface area contributed by atoms with Gasteiger partial charge in [0.05, 0.1) is 10.5 Å². The number of sulfonamides is 1. The van der Waals surface area contributed by atoms with Gasteiger partial charge in [-0.25, -0.2) is 12.8 Å². The Hall–Kier alpha value is -2.53. The lowest BCUT2D eigenvalue weighted by Crippen LogP contribution is -2.39. The molecule has 3 heterocycles. The van der Waals surface area contributed by atoms with E-state index in [1.807, 2.05) is 0 Å². The van der Waals surface area contributed by atoms with Gasteiger partial charge in [-0.2, -0.15) is 17.5 Å². The van der Waals surface area contributed by atoms with Gasteiger partial charge in [-0.05, 0) is 43.2 Å². The van der Waals surface area contributed by atoms with Gasteiger partial charge in [0.2, 0.25) is 10.0 Å². The quantitative estimate of drug-likeness (QED) is 0.600. The molecule has 0 N–H and O–H groups in total. The number of piperidine rings is 1. The van der Waals surface area contributed by atoms with Crippen LogP contribution in [0.15, 0.2) is 47.5 Å². The highest BCUT2D eigenvalue weighted by Gasteiger charge is 2.34. The van der Waals surface area contributed by atoms with Crippen LogP contribution in [-0.2, 0) is 16.2 Å². The third kappa shape index (κ3) is 3.71. The second-order valence-corrected chi connectivity index (χ2v) is 8.80. The van der Waals surface area contributed by atoms with Crippen LogP contribution >= 0.6 is 0 Å². The van der Waals surface area contributed by atoms with Crippen molar-refractivity contribution in [3.05, 3.63) is 59.8 Å².